The van der Waals surface area contributed by atoms with Gasteiger partial charge < -0.3 is 15.5 Å². The molecule has 0 bridgehead atoms. The number of aromatic nitrogens is 2. The molecule has 0 aliphatic carbocycles. The van der Waals surface area contributed by atoms with Gasteiger partial charge in [-0.15, -0.1) is 0 Å². The summed E-state index contributed by atoms with van der Waals surface area (Å²) in [5, 5.41) is 3.09. The van der Waals surface area contributed by atoms with Gasteiger partial charge in [-0.1, -0.05) is 13.0 Å². The Bertz CT molecular complexity index is 975. The van der Waals surface area contributed by atoms with Gasteiger partial charge in [0.25, 0.3) is 5.91 Å². The third kappa shape index (κ3) is 3.92. The van der Waals surface area contributed by atoms with Crippen molar-refractivity contribution in [2.75, 3.05) is 31.7 Å². The summed E-state index contributed by atoms with van der Waals surface area (Å²) in [4.78, 5) is 19.5. The van der Waals surface area contributed by atoms with Crippen LogP contribution in [0, 0.1) is 23.5 Å². The zero-order chi connectivity index (χ0) is 21.5. The van der Waals surface area contributed by atoms with Crippen LogP contribution in [0.2, 0.25) is 0 Å². The maximum absolute atomic E-state index is 13.6. The van der Waals surface area contributed by atoms with Crippen molar-refractivity contribution in [2.24, 2.45) is 11.8 Å². The van der Waals surface area contributed by atoms with E-state index in [1.165, 1.54) is 12.1 Å². The summed E-state index contributed by atoms with van der Waals surface area (Å²) in [6, 6.07) is 4.05. The highest BCUT2D eigenvalue weighted by molar-refractivity contribution is 5.93. The fourth-order valence-electron chi connectivity index (χ4n) is 5.05. The third-order valence-electron chi connectivity index (χ3n) is 6.73. The zero-order valence-electron chi connectivity index (χ0n) is 17.5. The molecule has 3 aliphatic heterocycles. The highest BCUT2D eigenvalue weighted by Crippen LogP contribution is 2.31. The van der Waals surface area contributed by atoms with E-state index in [9.17, 15) is 13.6 Å². The number of hydrogen-bond donors (Lipinski definition) is 2. The number of carbonyl (C=O) groups is 1. The second-order valence-electron chi connectivity index (χ2n) is 8.89. The Labute approximate surface area is 179 Å². The first-order chi connectivity index (χ1) is 15.0. The molecule has 2 aromatic rings. The van der Waals surface area contributed by atoms with Crippen molar-refractivity contribution in [3.8, 4) is 0 Å². The number of likely N-dealkylation sites (tertiary alicyclic amines) is 1. The number of nitrogens with one attached hydrogen (secondary N) is 2. The number of carbonyl (C=O) groups excluding carboxylic acids is 1. The molecule has 3 unspecified atom stereocenters. The Morgan fingerprint density at radius 3 is 2.77 bits per heavy atom. The molecular weight excluding hydrogens is 404 g/mol. The summed E-state index contributed by atoms with van der Waals surface area (Å²) in [6.07, 6.45) is 3.20. The average molecular weight is 431 g/mol. The maximum atomic E-state index is 13.6. The van der Waals surface area contributed by atoms with E-state index >= 15 is 0 Å². The molecule has 3 atom stereocenters. The molecule has 5 rings (SSSR count). The second kappa shape index (κ2) is 8.20. The van der Waals surface area contributed by atoms with Gasteiger partial charge >= 0.3 is 0 Å². The first-order valence-electron chi connectivity index (χ1n) is 10.9. The first-order valence-corrected chi connectivity index (χ1v) is 10.9. The van der Waals surface area contributed by atoms with Gasteiger partial charge in [0.05, 0.1) is 6.20 Å². The molecule has 0 radical (unpaired) electrons. The first kappa shape index (κ1) is 20.4. The number of nitrogens with zero attached hydrogens (tertiary/aromatic N) is 3. The van der Waals surface area contributed by atoms with Crippen molar-refractivity contribution in [2.45, 2.75) is 38.4 Å². The number of hydrogen-bond acceptors (Lipinski definition) is 5. The summed E-state index contributed by atoms with van der Waals surface area (Å²) in [5.41, 5.74) is 4.76. The number of fused-ring (bicyclic) bond motifs is 1. The summed E-state index contributed by atoms with van der Waals surface area (Å²) < 4.78 is 34.1. The van der Waals surface area contributed by atoms with E-state index in [0.717, 1.165) is 37.3 Å². The minimum atomic E-state index is -0.831. The lowest BCUT2D eigenvalue weighted by Gasteiger charge is -2.35. The summed E-state index contributed by atoms with van der Waals surface area (Å²) in [5.74, 6) is -0.125. The molecule has 166 valence electrons. The summed E-state index contributed by atoms with van der Waals surface area (Å²) in [6.45, 7) is 5.69. The Morgan fingerprint density at radius 2 is 2.00 bits per heavy atom. The fourth-order valence-corrected chi connectivity index (χ4v) is 5.05. The van der Waals surface area contributed by atoms with Crippen LogP contribution in [-0.4, -0.2) is 52.9 Å². The monoisotopic (exact) mass is 431 g/mol. The topological polar surface area (TPSA) is 71.4 Å². The molecule has 1 amide bonds. The Hall–Kier alpha value is -2.52. The van der Waals surface area contributed by atoms with Gasteiger partial charge in [-0.2, -0.15) is 0 Å². The van der Waals surface area contributed by atoms with Crippen molar-refractivity contribution in [3.05, 3.63) is 53.1 Å². The normalized spacial score (nSPS) is 27.1. The van der Waals surface area contributed by atoms with Crippen molar-refractivity contribution >= 4 is 5.91 Å². The standard InChI is InChI=1S/C22H27F2N5O2/c1-13-10-28(11-14-2-3-17(23)18(24)8-14)12-16(13)20-26-22(30)19-9-25-21(29(19)27-20)15-4-6-31-7-5-15/h2-3,8-9,13,15-16,20,27H,4-7,10-12H2,1H3,(H,26,30). The number of ether oxygens (including phenoxy) is 1. The van der Waals surface area contributed by atoms with Gasteiger partial charge in [0.2, 0.25) is 0 Å². The van der Waals surface area contributed by atoms with Crippen LogP contribution in [0.5, 0.6) is 0 Å². The van der Waals surface area contributed by atoms with Crippen molar-refractivity contribution in [1.29, 1.82) is 0 Å². The Balaban J connectivity index is 1.30. The minimum Gasteiger partial charge on any atom is -0.381 e. The van der Waals surface area contributed by atoms with E-state index in [0.29, 0.717) is 31.4 Å². The average Bonchev–Trinajstić information content (AvgIpc) is 3.35. The predicted molar refractivity (Wildman–Crippen MR) is 110 cm³/mol. The number of imidazole rings is 1. The summed E-state index contributed by atoms with van der Waals surface area (Å²) >= 11 is 0. The molecule has 9 heteroatoms. The number of benzene rings is 1. The Morgan fingerprint density at radius 1 is 1.19 bits per heavy atom. The Kier molecular flexibility index (Phi) is 5.39. The number of halogens is 2. The molecule has 2 saturated heterocycles. The minimum absolute atomic E-state index is 0.124. The molecule has 2 N–H and O–H groups in total. The van der Waals surface area contributed by atoms with Crippen LogP contribution in [0.15, 0.2) is 24.4 Å². The van der Waals surface area contributed by atoms with Crippen LogP contribution in [0.3, 0.4) is 0 Å². The molecule has 3 aliphatic rings. The number of rotatable bonds is 4. The van der Waals surface area contributed by atoms with Gasteiger partial charge in [0.1, 0.15) is 17.7 Å². The molecule has 0 spiro atoms. The predicted octanol–water partition coefficient (Wildman–Crippen LogP) is 2.44. The quantitative estimate of drug-likeness (QED) is 0.778. The van der Waals surface area contributed by atoms with E-state index in [1.807, 2.05) is 4.68 Å². The lowest BCUT2D eigenvalue weighted by Crippen LogP contribution is -2.55. The van der Waals surface area contributed by atoms with E-state index < -0.39 is 11.6 Å². The highest BCUT2D eigenvalue weighted by Gasteiger charge is 2.40. The molecule has 31 heavy (non-hydrogen) atoms. The zero-order valence-corrected chi connectivity index (χ0v) is 17.5. The second-order valence-corrected chi connectivity index (χ2v) is 8.89. The lowest BCUT2D eigenvalue weighted by molar-refractivity contribution is 0.0818. The van der Waals surface area contributed by atoms with Crippen LogP contribution in [-0.2, 0) is 11.3 Å². The smallest absolute Gasteiger partial charge is 0.273 e. The van der Waals surface area contributed by atoms with Crippen molar-refractivity contribution < 1.29 is 18.3 Å². The molecule has 1 aromatic carbocycles. The largest absolute Gasteiger partial charge is 0.381 e. The molecule has 1 aromatic heterocycles. The van der Waals surface area contributed by atoms with Crippen LogP contribution < -0.4 is 10.7 Å². The van der Waals surface area contributed by atoms with Crippen LogP contribution in [0.1, 0.15) is 47.6 Å². The molecule has 7 nitrogen and oxygen atoms in total. The van der Waals surface area contributed by atoms with E-state index in [2.05, 4.69) is 27.6 Å². The van der Waals surface area contributed by atoms with E-state index in [4.69, 9.17) is 4.74 Å². The molecule has 0 saturated carbocycles. The van der Waals surface area contributed by atoms with Gasteiger partial charge in [-0.05, 0) is 36.5 Å². The van der Waals surface area contributed by atoms with Gasteiger partial charge in [-0.25, -0.2) is 18.4 Å². The van der Waals surface area contributed by atoms with Gasteiger partial charge in [0.15, 0.2) is 11.6 Å². The van der Waals surface area contributed by atoms with Gasteiger partial charge in [-0.3, -0.25) is 9.69 Å². The van der Waals surface area contributed by atoms with E-state index in [-0.39, 0.29) is 23.9 Å². The van der Waals surface area contributed by atoms with Crippen LogP contribution >= 0.6 is 0 Å². The van der Waals surface area contributed by atoms with Crippen molar-refractivity contribution in [1.82, 2.24) is 19.9 Å². The molecular formula is C22H27F2N5O2. The van der Waals surface area contributed by atoms with Crippen molar-refractivity contribution in [3.63, 3.8) is 0 Å². The number of amides is 1. The summed E-state index contributed by atoms with van der Waals surface area (Å²) in [7, 11) is 0. The molecule has 4 heterocycles. The SMILES string of the molecule is CC1CN(Cc2ccc(F)c(F)c2)CC1C1NC(=O)c2cnc(C3CCOCC3)n2N1. The maximum Gasteiger partial charge on any atom is 0.273 e. The molecule has 2 fully saturated rings. The van der Waals surface area contributed by atoms with Crippen LogP contribution in [0.25, 0.3) is 0 Å². The highest BCUT2D eigenvalue weighted by atomic mass is 19.2. The van der Waals surface area contributed by atoms with Gasteiger partial charge in [0, 0.05) is 44.7 Å². The fraction of sp³-hybridized carbons (Fsp3) is 0.545. The third-order valence-corrected chi connectivity index (χ3v) is 6.73. The lowest BCUT2D eigenvalue weighted by atomic mass is 9.94. The van der Waals surface area contributed by atoms with Crippen LogP contribution in [0.4, 0.5) is 8.78 Å². The van der Waals surface area contributed by atoms with E-state index in [1.54, 1.807) is 12.3 Å².